The van der Waals surface area contributed by atoms with Gasteiger partial charge in [0, 0.05) is 15.5 Å². The molecule has 110 valence electrons. The van der Waals surface area contributed by atoms with E-state index in [-0.39, 0.29) is 12.4 Å². The van der Waals surface area contributed by atoms with Crippen LogP contribution in [0.1, 0.15) is 21.5 Å². The zero-order valence-corrected chi connectivity index (χ0v) is 13.8. The van der Waals surface area contributed by atoms with Crippen molar-refractivity contribution in [3.63, 3.8) is 0 Å². The predicted octanol–water partition coefficient (Wildman–Crippen LogP) is 4.94. The van der Waals surface area contributed by atoms with Crippen molar-refractivity contribution in [3.05, 3.63) is 58.1 Å². The zero-order valence-electron chi connectivity index (χ0n) is 12.3. The first-order valence-corrected chi connectivity index (χ1v) is 8.18. The molecule has 0 aliphatic heterocycles. The standard InChI is InChI=1S/C17H17ClO2S/c1-11-8-14(9-12(2)17(11)18)20-10-16(19)13-4-6-15(21-3)7-5-13/h4-9H,10H2,1-3H3. The van der Waals surface area contributed by atoms with Crippen molar-refractivity contribution in [2.75, 3.05) is 12.9 Å². The van der Waals surface area contributed by atoms with Crippen LogP contribution in [0.15, 0.2) is 41.3 Å². The molecule has 0 unspecified atom stereocenters. The van der Waals surface area contributed by atoms with Gasteiger partial charge in [-0.2, -0.15) is 0 Å². The molecule has 4 heteroatoms. The summed E-state index contributed by atoms with van der Waals surface area (Å²) >= 11 is 7.76. The maximum Gasteiger partial charge on any atom is 0.200 e. The van der Waals surface area contributed by atoms with Gasteiger partial charge in [-0.25, -0.2) is 0 Å². The summed E-state index contributed by atoms with van der Waals surface area (Å²) in [6, 6.07) is 11.2. The minimum atomic E-state index is -0.0343. The topological polar surface area (TPSA) is 26.3 Å². The van der Waals surface area contributed by atoms with Crippen LogP contribution in [0, 0.1) is 13.8 Å². The Balaban J connectivity index is 2.03. The maximum atomic E-state index is 12.1. The van der Waals surface area contributed by atoms with Crippen LogP contribution in [-0.2, 0) is 0 Å². The van der Waals surface area contributed by atoms with Crippen molar-refractivity contribution in [1.82, 2.24) is 0 Å². The number of ether oxygens (including phenoxy) is 1. The van der Waals surface area contributed by atoms with Crippen molar-refractivity contribution in [2.45, 2.75) is 18.7 Å². The number of hydrogen-bond donors (Lipinski definition) is 0. The number of aryl methyl sites for hydroxylation is 2. The summed E-state index contributed by atoms with van der Waals surface area (Å²) in [5.74, 6) is 0.636. The lowest BCUT2D eigenvalue weighted by Gasteiger charge is -2.09. The molecule has 0 bridgehead atoms. The molecular weight excluding hydrogens is 304 g/mol. The van der Waals surface area contributed by atoms with E-state index < -0.39 is 0 Å². The molecule has 0 fully saturated rings. The number of benzene rings is 2. The summed E-state index contributed by atoms with van der Waals surface area (Å²) in [4.78, 5) is 13.2. The van der Waals surface area contributed by atoms with Crippen molar-refractivity contribution in [1.29, 1.82) is 0 Å². The second-order valence-electron chi connectivity index (χ2n) is 4.81. The number of Topliss-reactive ketones (excluding diaryl/α,β-unsaturated/α-hetero) is 1. The van der Waals surface area contributed by atoms with Crippen LogP contribution in [0.2, 0.25) is 5.02 Å². The van der Waals surface area contributed by atoms with Crippen molar-refractivity contribution >= 4 is 29.1 Å². The quantitative estimate of drug-likeness (QED) is 0.576. The lowest BCUT2D eigenvalue weighted by molar-refractivity contribution is 0.0921. The first-order chi connectivity index (χ1) is 10.0. The molecule has 0 heterocycles. The minimum absolute atomic E-state index is 0.0269. The molecule has 0 aliphatic carbocycles. The molecule has 2 nitrogen and oxygen atoms in total. The summed E-state index contributed by atoms with van der Waals surface area (Å²) in [6.45, 7) is 3.87. The number of carbonyl (C=O) groups is 1. The highest BCUT2D eigenvalue weighted by Gasteiger charge is 2.09. The Morgan fingerprint density at radius 2 is 1.71 bits per heavy atom. The summed E-state index contributed by atoms with van der Waals surface area (Å²) in [6.07, 6.45) is 2.01. The molecule has 0 aromatic heterocycles. The molecule has 2 aromatic carbocycles. The smallest absolute Gasteiger partial charge is 0.200 e. The Hall–Kier alpha value is -1.45. The molecule has 2 rings (SSSR count). The Bertz CT molecular complexity index is 627. The lowest BCUT2D eigenvalue weighted by atomic mass is 10.1. The van der Waals surface area contributed by atoms with Crippen LogP contribution in [0.3, 0.4) is 0 Å². The van der Waals surface area contributed by atoms with Crippen LogP contribution in [-0.4, -0.2) is 18.6 Å². The molecular formula is C17H17ClO2S. The lowest BCUT2D eigenvalue weighted by Crippen LogP contribution is -2.11. The van der Waals surface area contributed by atoms with Crippen LogP contribution in [0.25, 0.3) is 0 Å². The van der Waals surface area contributed by atoms with Gasteiger partial charge in [-0.3, -0.25) is 4.79 Å². The molecule has 0 N–H and O–H groups in total. The van der Waals surface area contributed by atoms with E-state index in [1.165, 1.54) is 0 Å². The molecule has 0 aliphatic rings. The number of thioether (sulfide) groups is 1. The molecule has 0 spiro atoms. The number of carbonyl (C=O) groups excluding carboxylic acids is 1. The summed E-state index contributed by atoms with van der Waals surface area (Å²) < 4.78 is 5.58. The second-order valence-corrected chi connectivity index (χ2v) is 6.07. The van der Waals surface area contributed by atoms with E-state index in [0.29, 0.717) is 11.3 Å². The largest absolute Gasteiger partial charge is 0.485 e. The Labute approximate surface area is 134 Å². The molecule has 0 amide bonds. The molecule has 0 saturated heterocycles. The van der Waals surface area contributed by atoms with Crippen LogP contribution >= 0.6 is 23.4 Å². The zero-order chi connectivity index (χ0) is 15.4. The van der Waals surface area contributed by atoms with E-state index in [0.717, 1.165) is 21.0 Å². The normalized spacial score (nSPS) is 10.5. The van der Waals surface area contributed by atoms with E-state index >= 15 is 0 Å². The molecule has 21 heavy (non-hydrogen) atoms. The van der Waals surface area contributed by atoms with Gasteiger partial charge in [0.25, 0.3) is 0 Å². The van der Waals surface area contributed by atoms with Gasteiger partial charge in [0.15, 0.2) is 12.4 Å². The maximum absolute atomic E-state index is 12.1. The fourth-order valence-corrected chi connectivity index (χ4v) is 2.52. The third-order valence-electron chi connectivity index (χ3n) is 3.19. The Morgan fingerprint density at radius 1 is 1.14 bits per heavy atom. The Morgan fingerprint density at radius 3 is 2.24 bits per heavy atom. The van der Waals surface area contributed by atoms with Gasteiger partial charge in [-0.15, -0.1) is 11.8 Å². The van der Waals surface area contributed by atoms with Crippen LogP contribution < -0.4 is 4.74 Å². The number of hydrogen-bond acceptors (Lipinski definition) is 3. The van der Waals surface area contributed by atoms with Gasteiger partial charge < -0.3 is 4.74 Å². The van der Waals surface area contributed by atoms with Crippen molar-refractivity contribution in [2.24, 2.45) is 0 Å². The third-order valence-corrected chi connectivity index (χ3v) is 4.53. The average Bonchev–Trinajstić information content (AvgIpc) is 2.50. The van der Waals surface area contributed by atoms with E-state index in [4.69, 9.17) is 16.3 Å². The van der Waals surface area contributed by atoms with E-state index in [9.17, 15) is 4.79 Å². The van der Waals surface area contributed by atoms with Gasteiger partial charge in [-0.1, -0.05) is 23.7 Å². The second kappa shape index (κ2) is 7.01. The fraction of sp³-hybridized carbons (Fsp3) is 0.235. The van der Waals surface area contributed by atoms with Gasteiger partial charge >= 0.3 is 0 Å². The van der Waals surface area contributed by atoms with E-state index in [1.54, 1.807) is 11.8 Å². The first kappa shape index (κ1) is 15.9. The highest BCUT2D eigenvalue weighted by molar-refractivity contribution is 7.98. The van der Waals surface area contributed by atoms with Gasteiger partial charge in [-0.05, 0) is 55.5 Å². The van der Waals surface area contributed by atoms with Crippen molar-refractivity contribution < 1.29 is 9.53 Å². The summed E-state index contributed by atoms with van der Waals surface area (Å²) in [5.41, 5.74) is 2.56. The SMILES string of the molecule is CSc1ccc(C(=O)COc2cc(C)c(Cl)c(C)c2)cc1. The molecule has 2 aromatic rings. The monoisotopic (exact) mass is 320 g/mol. The fourth-order valence-electron chi connectivity index (χ4n) is 2.00. The highest BCUT2D eigenvalue weighted by Crippen LogP contribution is 2.26. The average molecular weight is 321 g/mol. The summed E-state index contributed by atoms with van der Waals surface area (Å²) in [5, 5.41) is 0.737. The predicted molar refractivity (Wildman–Crippen MR) is 89.0 cm³/mol. The van der Waals surface area contributed by atoms with E-state index in [2.05, 4.69) is 0 Å². The minimum Gasteiger partial charge on any atom is -0.485 e. The number of halogens is 1. The molecule has 0 saturated carbocycles. The van der Waals surface area contributed by atoms with Gasteiger partial charge in [0.2, 0.25) is 0 Å². The highest BCUT2D eigenvalue weighted by atomic mass is 35.5. The first-order valence-electron chi connectivity index (χ1n) is 6.58. The van der Waals surface area contributed by atoms with Crippen LogP contribution in [0.5, 0.6) is 5.75 Å². The molecule has 0 atom stereocenters. The van der Waals surface area contributed by atoms with Crippen molar-refractivity contribution in [3.8, 4) is 5.75 Å². The summed E-state index contributed by atoms with van der Waals surface area (Å²) in [7, 11) is 0. The molecule has 0 radical (unpaired) electrons. The number of rotatable bonds is 5. The van der Waals surface area contributed by atoms with E-state index in [1.807, 2.05) is 56.5 Å². The Kier molecular flexibility index (Phi) is 5.32. The van der Waals surface area contributed by atoms with Gasteiger partial charge in [0.05, 0.1) is 0 Å². The number of ketones is 1. The third kappa shape index (κ3) is 4.02. The van der Waals surface area contributed by atoms with Crippen LogP contribution in [0.4, 0.5) is 0 Å². The van der Waals surface area contributed by atoms with Gasteiger partial charge in [0.1, 0.15) is 5.75 Å².